The van der Waals surface area contributed by atoms with E-state index in [-0.39, 0.29) is 0 Å². The highest BCUT2D eigenvalue weighted by atomic mass is 16.1. The second-order valence-corrected chi connectivity index (χ2v) is 4.86. The number of nitrogens with zero attached hydrogens (tertiary/aromatic N) is 3. The van der Waals surface area contributed by atoms with Gasteiger partial charge in [-0.25, -0.2) is 4.98 Å². The molecular formula is C15H15N5O. The molecule has 106 valence electrons. The number of H-pyrrole nitrogens is 1. The molecule has 2 aromatic heterocycles. The van der Waals surface area contributed by atoms with Gasteiger partial charge >= 0.3 is 0 Å². The highest BCUT2D eigenvalue weighted by Crippen LogP contribution is 2.15. The van der Waals surface area contributed by atoms with Gasteiger partial charge in [0.15, 0.2) is 0 Å². The van der Waals surface area contributed by atoms with E-state index in [2.05, 4.69) is 20.2 Å². The van der Waals surface area contributed by atoms with Gasteiger partial charge in [0.05, 0.1) is 5.52 Å². The first kappa shape index (κ1) is 13.2. The standard InChI is InChI=1S/C15H15N5O/c16-15(21)11-5-4-10-6-7-12(19-13(10)8-11)2-1-3-14-17-9-18-20-14/h4-9H,1-3H2,(H2,16,21)(H,17,18,20). The van der Waals surface area contributed by atoms with Gasteiger partial charge in [-0.1, -0.05) is 12.1 Å². The van der Waals surface area contributed by atoms with Gasteiger partial charge in [0.2, 0.25) is 5.91 Å². The fraction of sp³-hybridized carbons (Fsp3) is 0.200. The lowest BCUT2D eigenvalue weighted by Crippen LogP contribution is -2.10. The van der Waals surface area contributed by atoms with Crippen LogP contribution in [0.2, 0.25) is 0 Å². The van der Waals surface area contributed by atoms with Crippen LogP contribution in [0.25, 0.3) is 10.9 Å². The van der Waals surface area contributed by atoms with E-state index in [1.165, 1.54) is 6.33 Å². The fourth-order valence-corrected chi connectivity index (χ4v) is 2.24. The van der Waals surface area contributed by atoms with E-state index in [1.54, 1.807) is 12.1 Å². The Morgan fingerprint density at radius 3 is 2.81 bits per heavy atom. The first-order chi connectivity index (χ1) is 10.2. The van der Waals surface area contributed by atoms with E-state index in [9.17, 15) is 4.79 Å². The van der Waals surface area contributed by atoms with Crippen LogP contribution in [0, 0.1) is 0 Å². The summed E-state index contributed by atoms with van der Waals surface area (Å²) < 4.78 is 0. The normalized spacial score (nSPS) is 10.9. The first-order valence-corrected chi connectivity index (χ1v) is 6.76. The molecule has 3 rings (SSSR count). The average Bonchev–Trinajstić information content (AvgIpc) is 2.99. The molecule has 1 aromatic carbocycles. The summed E-state index contributed by atoms with van der Waals surface area (Å²) in [6, 6.07) is 9.33. The number of benzene rings is 1. The molecule has 0 aliphatic heterocycles. The molecule has 0 fully saturated rings. The van der Waals surface area contributed by atoms with Crippen LogP contribution in [0.3, 0.4) is 0 Å². The Labute approximate surface area is 121 Å². The van der Waals surface area contributed by atoms with Crippen LogP contribution in [0.5, 0.6) is 0 Å². The van der Waals surface area contributed by atoms with Crippen LogP contribution in [0.15, 0.2) is 36.7 Å². The summed E-state index contributed by atoms with van der Waals surface area (Å²) in [5.74, 6) is 0.446. The molecule has 3 N–H and O–H groups in total. The second kappa shape index (κ2) is 5.70. The van der Waals surface area contributed by atoms with Gasteiger partial charge in [-0.3, -0.25) is 14.9 Å². The quantitative estimate of drug-likeness (QED) is 0.742. The number of aromatic nitrogens is 4. The molecule has 3 aromatic rings. The number of nitrogens with two attached hydrogens (primary N) is 1. The Morgan fingerprint density at radius 2 is 2.05 bits per heavy atom. The van der Waals surface area contributed by atoms with Crippen LogP contribution < -0.4 is 5.73 Å². The number of nitrogens with one attached hydrogen (secondary N) is 1. The molecule has 0 unspecified atom stereocenters. The predicted octanol–water partition coefficient (Wildman–Crippen LogP) is 1.63. The molecule has 6 heteroatoms. The molecule has 0 aliphatic carbocycles. The van der Waals surface area contributed by atoms with Gasteiger partial charge in [0.1, 0.15) is 12.2 Å². The van der Waals surface area contributed by atoms with Crippen molar-refractivity contribution >= 4 is 16.8 Å². The molecular weight excluding hydrogens is 266 g/mol. The van der Waals surface area contributed by atoms with Crippen LogP contribution in [0.4, 0.5) is 0 Å². The van der Waals surface area contributed by atoms with Gasteiger partial charge in [-0.05, 0) is 31.0 Å². The average molecular weight is 281 g/mol. The summed E-state index contributed by atoms with van der Waals surface area (Å²) in [6.07, 6.45) is 4.12. The summed E-state index contributed by atoms with van der Waals surface area (Å²) in [5, 5.41) is 7.66. The van der Waals surface area contributed by atoms with Gasteiger partial charge in [-0.15, -0.1) is 0 Å². The largest absolute Gasteiger partial charge is 0.366 e. The summed E-state index contributed by atoms with van der Waals surface area (Å²) in [7, 11) is 0. The molecule has 0 radical (unpaired) electrons. The Bertz CT molecular complexity index is 767. The maximum atomic E-state index is 11.2. The van der Waals surface area contributed by atoms with Crippen molar-refractivity contribution in [3.63, 3.8) is 0 Å². The van der Waals surface area contributed by atoms with Crippen LogP contribution in [-0.2, 0) is 12.8 Å². The van der Waals surface area contributed by atoms with Gasteiger partial charge in [-0.2, -0.15) is 5.10 Å². The highest BCUT2D eigenvalue weighted by Gasteiger charge is 2.04. The Morgan fingerprint density at radius 1 is 1.19 bits per heavy atom. The number of carbonyl (C=O) groups is 1. The maximum Gasteiger partial charge on any atom is 0.248 e. The smallest absolute Gasteiger partial charge is 0.248 e. The molecule has 0 bridgehead atoms. The molecule has 21 heavy (non-hydrogen) atoms. The zero-order chi connectivity index (χ0) is 14.7. The molecule has 0 saturated heterocycles. The summed E-state index contributed by atoms with van der Waals surface area (Å²) in [5.41, 5.74) is 7.56. The molecule has 6 nitrogen and oxygen atoms in total. The van der Waals surface area contributed by atoms with Crippen molar-refractivity contribution in [2.24, 2.45) is 5.73 Å². The zero-order valence-corrected chi connectivity index (χ0v) is 11.4. The zero-order valence-electron chi connectivity index (χ0n) is 11.4. The Balaban J connectivity index is 1.74. The second-order valence-electron chi connectivity index (χ2n) is 4.86. The number of fused-ring (bicyclic) bond motifs is 1. The number of aromatic amines is 1. The number of aryl methyl sites for hydroxylation is 2. The topological polar surface area (TPSA) is 97.5 Å². The van der Waals surface area contributed by atoms with Crippen molar-refractivity contribution in [2.75, 3.05) is 0 Å². The van der Waals surface area contributed by atoms with E-state index in [0.29, 0.717) is 5.56 Å². The van der Waals surface area contributed by atoms with E-state index < -0.39 is 5.91 Å². The number of carbonyl (C=O) groups excluding carboxylic acids is 1. The fourth-order valence-electron chi connectivity index (χ4n) is 2.24. The maximum absolute atomic E-state index is 11.2. The summed E-state index contributed by atoms with van der Waals surface area (Å²) in [4.78, 5) is 19.9. The van der Waals surface area contributed by atoms with E-state index in [4.69, 9.17) is 5.73 Å². The van der Waals surface area contributed by atoms with Crippen molar-refractivity contribution < 1.29 is 4.79 Å². The van der Waals surface area contributed by atoms with Crippen LogP contribution in [-0.4, -0.2) is 26.1 Å². The molecule has 1 amide bonds. The number of hydrogen-bond acceptors (Lipinski definition) is 4. The number of primary amides is 1. The predicted molar refractivity (Wildman–Crippen MR) is 78.7 cm³/mol. The van der Waals surface area contributed by atoms with Crippen molar-refractivity contribution in [1.29, 1.82) is 0 Å². The van der Waals surface area contributed by atoms with Gasteiger partial charge < -0.3 is 5.73 Å². The SMILES string of the molecule is NC(=O)c1ccc2ccc(CCCc3ncn[nH]3)nc2c1. The minimum absolute atomic E-state index is 0.436. The first-order valence-electron chi connectivity index (χ1n) is 6.76. The van der Waals surface area contributed by atoms with Crippen LogP contribution >= 0.6 is 0 Å². The number of rotatable bonds is 5. The molecule has 0 saturated carbocycles. The Kier molecular flexibility index (Phi) is 3.59. The van der Waals surface area contributed by atoms with Crippen molar-refractivity contribution in [2.45, 2.75) is 19.3 Å². The van der Waals surface area contributed by atoms with Crippen LogP contribution in [0.1, 0.15) is 28.3 Å². The molecule has 0 aliphatic rings. The van der Waals surface area contributed by atoms with Gasteiger partial charge in [0.25, 0.3) is 0 Å². The number of pyridine rings is 1. The van der Waals surface area contributed by atoms with E-state index in [0.717, 1.165) is 41.7 Å². The lowest BCUT2D eigenvalue weighted by molar-refractivity contribution is 0.100. The van der Waals surface area contributed by atoms with E-state index >= 15 is 0 Å². The minimum atomic E-state index is -0.436. The Hall–Kier alpha value is -2.76. The monoisotopic (exact) mass is 281 g/mol. The summed E-state index contributed by atoms with van der Waals surface area (Å²) >= 11 is 0. The molecule has 2 heterocycles. The lowest BCUT2D eigenvalue weighted by atomic mass is 10.1. The highest BCUT2D eigenvalue weighted by molar-refractivity contribution is 5.96. The number of amides is 1. The molecule has 0 atom stereocenters. The molecule has 0 spiro atoms. The number of hydrogen-bond donors (Lipinski definition) is 2. The third kappa shape index (κ3) is 3.05. The lowest BCUT2D eigenvalue weighted by Gasteiger charge is -2.04. The van der Waals surface area contributed by atoms with Crippen molar-refractivity contribution in [3.05, 3.63) is 53.7 Å². The third-order valence-electron chi connectivity index (χ3n) is 3.35. The van der Waals surface area contributed by atoms with Gasteiger partial charge in [0, 0.05) is 23.1 Å². The summed E-state index contributed by atoms with van der Waals surface area (Å²) in [6.45, 7) is 0. The van der Waals surface area contributed by atoms with Crippen molar-refractivity contribution in [3.8, 4) is 0 Å². The minimum Gasteiger partial charge on any atom is -0.366 e. The van der Waals surface area contributed by atoms with Crippen molar-refractivity contribution in [1.82, 2.24) is 20.2 Å². The van der Waals surface area contributed by atoms with E-state index in [1.807, 2.05) is 18.2 Å². The third-order valence-corrected chi connectivity index (χ3v) is 3.35.